The van der Waals surface area contributed by atoms with Crippen molar-refractivity contribution < 1.29 is 34.5 Å². The van der Waals surface area contributed by atoms with Crippen LogP contribution in [-0.4, -0.2) is 82.2 Å². The fourth-order valence-electron chi connectivity index (χ4n) is 4.64. The van der Waals surface area contributed by atoms with Crippen LogP contribution in [0.1, 0.15) is 36.8 Å². The van der Waals surface area contributed by atoms with Crippen molar-refractivity contribution in [2.45, 2.75) is 62.7 Å². The molecule has 0 radical (unpaired) electrons. The predicted molar refractivity (Wildman–Crippen MR) is 158 cm³/mol. The number of aromatic hydroxyl groups is 2. The molecule has 1 aliphatic rings. The van der Waals surface area contributed by atoms with E-state index in [1.807, 2.05) is 0 Å². The van der Waals surface area contributed by atoms with Gasteiger partial charge in [0.1, 0.15) is 29.6 Å². The summed E-state index contributed by atoms with van der Waals surface area (Å²) in [6, 6.07) is 8.05. The molecule has 3 amide bonds. The molecule has 2 aromatic carbocycles. The van der Waals surface area contributed by atoms with Crippen molar-refractivity contribution >= 4 is 29.7 Å². The lowest BCUT2D eigenvalue weighted by Crippen LogP contribution is -2.57. The lowest BCUT2D eigenvalue weighted by molar-refractivity contribution is -0.142. The van der Waals surface area contributed by atoms with E-state index in [-0.39, 0.29) is 55.6 Å². The predicted octanol–water partition coefficient (Wildman–Crippen LogP) is -0.772. The molecule has 1 saturated heterocycles. The van der Waals surface area contributed by atoms with Gasteiger partial charge in [0.15, 0.2) is 5.96 Å². The molecule has 3 rings (SSSR count). The van der Waals surface area contributed by atoms with Crippen LogP contribution in [0, 0.1) is 0 Å². The fourth-order valence-corrected chi connectivity index (χ4v) is 4.64. The Labute approximate surface area is 248 Å². The maximum Gasteiger partial charge on any atom is 0.326 e. The minimum atomic E-state index is -1.32. The zero-order valence-corrected chi connectivity index (χ0v) is 23.7. The van der Waals surface area contributed by atoms with Crippen molar-refractivity contribution in [3.63, 3.8) is 0 Å². The molecule has 4 atom stereocenters. The molecule has 1 fully saturated rings. The van der Waals surface area contributed by atoms with Crippen LogP contribution >= 0.6 is 0 Å². The Bertz CT molecular complexity index is 1280. The molecular formula is C29H39N7O7. The number of carbonyl (C=O) groups excluding carboxylic acids is 3. The molecule has 11 N–H and O–H groups in total. The highest BCUT2D eigenvalue weighted by Gasteiger charge is 2.31. The SMILES string of the molecule is NC(N)=NCCCC(NC(=O)C(Cc1ccc(O)cc1)NC(=O)C1CCCN1)C(=O)NC(Cc1ccc(O)cc1)C(=O)O. The van der Waals surface area contributed by atoms with Crippen molar-refractivity contribution in [2.75, 3.05) is 13.1 Å². The topological polar surface area (TPSA) is 241 Å². The maximum absolute atomic E-state index is 13.6. The minimum Gasteiger partial charge on any atom is -0.508 e. The summed E-state index contributed by atoms with van der Waals surface area (Å²) in [6.45, 7) is 0.846. The van der Waals surface area contributed by atoms with Gasteiger partial charge in [0.25, 0.3) is 0 Å². The van der Waals surface area contributed by atoms with Gasteiger partial charge < -0.3 is 48.1 Å². The van der Waals surface area contributed by atoms with Gasteiger partial charge in [-0.05, 0) is 67.6 Å². The molecule has 43 heavy (non-hydrogen) atoms. The van der Waals surface area contributed by atoms with E-state index in [1.165, 1.54) is 24.3 Å². The first-order valence-electron chi connectivity index (χ1n) is 14.0. The molecule has 1 heterocycles. The summed E-state index contributed by atoms with van der Waals surface area (Å²) in [6.07, 6.45) is 1.80. The van der Waals surface area contributed by atoms with E-state index < -0.39 is 42.0 Å². The van der Waals surface area contributed by atoms with E-state index in [0.717, 1.165) is 6.42 Å². The normalized spacial score (nSPS) is 16.3. The third-order valence-electron chi connectivity index (χ3n) is 6.95. The molecule has 14 nitrogen and oxygen atoms in total. The lowest BCUT2D eigenvalue weighted by Gasteiger charge is -2.25. The summed E-state index contributed by atoms with van der Waals surface area (Å²) >= 11 is 0. The van der Waals surface area contributed by atoms with E-state index in [0.29, 0.717) is 24.1 Å². The number of aliphatic imine (C=N–C) groups is 1. The van der Waals surface area contributed by atoms with Gasteiger partial charge in [-0.1, -0.05) is 24.3 Å². The average Bonchev–Trinajstić information content (AvgIpc) is 3.51. The van der Waals surface area contributed by atoms with Crippen LogP contribution in [0.25, 0.3) is 0 Å². The van der Waals surface area contributed by atoms with Crippen molar-refractivity contribution in [1.82, 2.24) is 21.3 Å². The number of amides is 3. The Morgan fingerprint density at radius 3 is 1.88 bits per heavy atom. The summed E-state index contributed by atoms with van der Waals surface area (Å²) in [5, 5.41) is 40.0. The Kier molecular flexibility index (Phi) is 12.1. The van der Waals surface area contributed by atoms with E-state index >= 15 is 0 Å². The maximum atomic E-state index is 13.6. The molecule has 0 aromatic heterocycles. The first-order valence-corrected chi connectivity index (χ1v) is 14.0. The zero-order valence-electron chi connectivity index (χ0n) is 23.7. The molecule has 0 saturated carbocycles. The quantitative estimate of drug-likeness (QED) is 0.0705. The van der Waals surface area contributed by atoms with Crippen LogP contribution in [0.2, 0.25) is 0 Å². The number of nitrogens with zero attached hydrogens (tertiary/aromatic N) is 1. The molecule has 14 heteroatoms. The van der Waals surface area contributed by atoms with Crippen molar-refractivity contribution in [1.29, 1.82) is 0 Å². The van der Waals surface area contributed by atoms with E-state index in [1.54, 1.807) is 24.3 Å². The van der Waals surface area contributed by atoms with Gasteiger partial charge >= 0.3 is 5.97 Å². The summed E-state index contributed by atoms with van der Waals surface area (Å²) in [7, 11) is 0. The second-order valence-corrected chi connectivity index (χ2v) is 10.4. The Morgan fingerprint density at radius 1 is 0.837 bits per heavy atom. The van der Waals surface area contributed by atoms with E-state index in [2.05, 4.69) is 26.3 Å². The van der Waals surface area contributed by atoms with Crippen LogP contribution in [0.15, 0.2) is 53.5 Å². The minimum absolute atomic E-state index is 0.0147. The van der Waals surface area contributed by atoms with Crippen molar-refractivity contribution in [2.24, 2.45) is 16.5 Å². The second-order valence-electron chi connectivity index (χ2n) is 10.4. The number of carbonyl (C=O) groups is 4. The van der Waals surface area contributed by atoms with Crippen molar-refractivity contribution in [3.8, 4) is 11.5 Å². The number of hydrogen-bond donors (Lipinski definition) is 9. The third kappa shape index (κ3) is 10.8. The Hall–Kier alpha value is -4.85. The monoisotopic (exact) mass is 597 g/mol. The molecule has 1 aliphatic heterocycles. The second kappa shape index (κ2) is 16.0. The molecule has 4 unspecified atom stereocenters. The summed E-state index contributed by atoms with van der Waals surface area (Å²) in [4.78, 5) is 55.8. The highest BCUT2D eigenvalue weighted by molar-refractivity contribution is 5.94. The highest BCUT2D eigenvalue weighted by Crippen LogP contribution is 2.14. The number of nitrogens with one attached hydrogen (secondary N) is 4. The number of phenols is 2. The fraction of sp³-hybridized carbons (Fsp3) is 0.414. The summed E-state index contributed by atoms with van der Waals surface area (Å²) < 4.78 is 0. The number of benzene rings is 2. The largest absolute Gasteiger partial charge is 0.508 e. The Morgan fingerprint density at radius 2 is 1.37 bits per heavy atom. The van der Waals surface area contributed by atoms with Crippen LogP contribution in [0.4, 0.5) is 0 Å². The molecule has 0 spiro atoms. The van der Waals surface area contributed by atoms with Gasteiger partial charge in [-0.25, -0.2) is 4.79 Å². The number of aliphatic carboxylic acids is 1. The first-order chi connectivity index (χ1) is 20.5. The van der Waals surface area contributed by atoms with Crippen LogP contribution in [0.5, 0.6) is 11.5 Å². The van der Waals surface area contributed by atoms with Crippen molar-refractivity contribution in [3.05, 3.63) is 59.7 Å². The number of carboxylic acid groups (broad SMARTS) is 1. The molecule has 0 bridgehead atoms. The van der Waals surface area contributed by atoms with Gasteiger partial charge in [0, 0.05) is 19.4 Å². The molecule has 232 valence electrons. The van der Waals surface area contributed by atoms with Gasteiger partial charge in [-0.2, -0.15) is 0 Å². The first kappa shape index (κ1) is 32.7. The lowest BCUT2D eigenvalue weighted by atomic mass is 10.0. The molecular weight excluding hydrogens is 558 g/mol. The zero-order chi connectivity index (χ0) is 31.4. The summed E-state index contributed by atoms with van der Waals surface area (Å²) in [5.74, 6) is -3.11. The molecule has 0 aliphatic carbocycles. The van der Waals surface area contributed by atoms with Gasteiger partial charge in [0.05, 0.1) is 6.04 Å². The number of rotatable bonds is 15. The van der Waals surface area contributed by atoms with Crippen LogP contribution in [0.3, 0.4) is 0 Å². The molecule has 2 aromatic rings. The van der Waals surface area contributed by atoms with Crippen LogP contribution in [-0.2, 0) is 32.0 Å². The van der Waals surface area contributed by atoms with Crippen LogP contribution < -0.4 is 32.7 Å². The van der Waals surface area contributed by atoms with Gasteiger partial charge in [-0.3, -0.25) is 19.4 Å². The third-order valence-corrected chi connectivity index (χ3v) is 6.95. The Balaban J connectivity index is 1.78. The smallest absolute Gasteiger partial charge is 0.326 e. The van der Waals surface area contributed by atoms with E-state index in [9.17, 15) is 34.5 Å². The van der Waals surface area contributed by atoms with Gasteiger partial charge in [-0.15, -0.1) is 0 Å². The average molecular weight is 598 g/mol. The number of hydrogen-bond acceptors (Lipinski definition) is 8. The van der Waals surface area contributed by atoms with E-state index in [4.69, 9.17) is 11.5 Å². The van der Waals surface area contributed by atoms with Gasteiger partial charge in [0.2, 0.25) is 17.7 Å². The standard InChI is InChI=1S/C29H39N7O7/c30-29(31)33-14-2-4-22(26(40)36-24(28(42)43)16-18-7-11-20(38)12-8-18)34-27(41)23(15-17-5-9-19(37)10-6-17)35-25(39)21-3-1-13-32-21/h5-12,21-24,32,37-38H,1-4,13-16H2,(H,34,41)(H,35,39)(H,36,40)(H,42,43)(H4,30,31,33). The number of nitrogens with two attached hydrogens (primary N) is 2. The summed E-state index contributed by atoms with van der Waals surface area (Å²) in [5.41, 5.74) is 12.0. The number of carboxylic acids is 1. The number of phenolic OH excluding ortho intramolecular Hbond substituents is 2. The highest BCUT2D eigenvalue weighted by atomic mass is 16.4. The number of guanidine groups is 1.